The van der Waals surface area contributed by atoms with E-state index in [2.05, 4.69) is 4.90 Å². The molecule has 1 N–H and O–H groups in total. The van der Waals surface area contributed by atoms with E-state index in [0.29, 0.717) is 12.6 Å². The predicted octanol–water partition coefficient (Wildman–Crippen LogP) is 2.17. The van der Waals surface area contributed by atoms with Crippen molar-refractivity contribution in [3.8, 4) is 0 Å². The number of hydrogen-bond acceptors (Lipinski definition) is 2. The van der Waals surface area contributed by atoms with E-state index < -0.39 is 0 Å². The lowest BCUT2D eigenvalue weighted by Crippen LogP contribution is -2.41. The molecule has 88 valence electrons. The summed E-state index contributed by atoms with van der Waals surface area (Å²) in [5.41, 5.74) is 0.986. The quantitative estimate of drug-likeness (QED) is 0.827. The molecule has 0 spiro atoms. The molecule has 1 aromatic carbocycles. The van der Waals surface area contributed by atoms with Crippen molar-refractivity contribution in [2.75, 3.05) is 13.2 Å². The molecule has 1 saturated carbocycles. The topological polar surface area (TPSA) is 23.5 Å². The molecule has 2 rings (SSSR count). The monoisotopic (exact) mass is 223 g/mol. The second-order valence-corrected chi connectivity index (χ2v) is 4.41. The molecule has 1 aliphatic carbocycles. The van der Waals surface area contributed by atoms with Crippen molar-refractivity contribution in [2.45, 2.75) is 31.8 Å². The number of nitrogens with zero attached hydrogens (tertiary/aromatic N) is 1. The molecule has 0 bridgehead atoms. The molecular formula is C13H18FNO. The van der Waals surface area contributed by atoms with Gasteiger partial charge in [-0.25, -0.2) is 4.39 Å². The lowest BCUT2D eigenvalue weighted by molar-refractivity contribution is 0.0945. The molecule has 1 fully saturated rings. The Labute approximate surface area is 95.7 Å². The van der Waals surface area contributed by atoms with Crippen molar-refractivity contribution in [3.05, 3.63) is 35.6 Å². The van der Waals surface area contributed by atoms with Gasteiger partial charge in [-0.15, -0.1) is 0 Å². The summed E-state index contributed by atoms with van der Waals surface area (Å²) in [6.45, 7) is 1.59. The fraction of sp³-hybridized carbons (Fsp3) is 0.538. The van der Waals surface area contributed by atoms with Crippen LogP contribution in [0.1, 0.15) is 24.8 Å². The Bertz CT molecular complexity index is 338. The van der Waals surface area contributed by atoms with Crippen LogP contribution in [0.2, 0.25) is 0 Å². The molecule has 1 aromatic rings. The minimum absolute atomic E-state index is 0.172. The maximum Gasteiger partial charge on any atom is 0.123 e. The summed E-state index contributed by atoms with van der Waals surface area (Å²) < 4.78 is 13.0. The normalized spacial score (nSPS) is 16.4. The molecule has 0 aromatic heterocycles. The highest BCUT2D eigenvalue weighted by atomic mass is 19.1. The molecule has 16 heavy (non-hydrogen) atoms. The number of aliphatic hydroxyl groups excluding tert-OH is 1. The van der Waals surface area contributed by atoms with Crippen molar-refractivity contribution < 1.29 is 9.50 Å². The summed E-state index contributed by atoms with van der Waals surface area (Å²) in [5.74, 6) is -0.185. The molecule has 0 amide bonds. The maximum atomic E-state index is 13.0. The Hall–Kier alpha value is -0.930. The van der Waals surface area contributed by atoms with Gasteiger partial charge in [-0.3, -0.25) is 4.90 Å². The van der Waals surface area contributed by atoms with Gasteiger partial charge < -0.3 is 5.11 Å². The zero-order chi connectivity index (χ0) is 11.4. The van der Waals surface area contributed by atoms with Crippen molar-refractivity contribution in [1.82, 2.24) is 4.90 Å². The van der Waals surface area contributed by atoms with Crippen molar-refractivity contribution >= 4 is 0 Å². The lowest BCUT2D eigenvalue weighted by atomic mass is 9.91. The van der Waals surface area contributed by atoms with Crippen LogP contribution in [0.5, 0.6) is 0 Å². The van der Waals surface area contributed by atoms with E-state index in [9.17, 15) is 4.39 Å². The van der Waals surface area contributed by atoms with E-state index in [1.807, 2.05) is 6.07 Å². The van der Waals surface area contributed by atoms with E-state index in [0.717, 1.165) is 12.1 Å². The van der Waals surface area contributed by atoms with Crippen molar-refractivity contribution in [2.24, 2.45) is 0 Å². The van der Waals surface area contributed by atoms with Crippen LogP contribution in [-0.2, 0) is 6.54 Å². The summed E-state index contributed by atoms with van der Waals surface area (Å²) in [4.78, 5) is 2.25. The van der Waals surface area contributed by atoms with Crippen LogP contribution in [-0.4, -0.2) is 29.2 Å². The highest BCUT2D eigenvalue weighted by molar-refractivity contribution is 5.16. The van der Waals surface area contributed by atoms with Gasteiger partial charge in [-0.2, -0.15) is 0 Å². The predicted molar refractivity (Wildman–Crippen MR) is 61.5 cm³/mol. The van der Waals surface area contributed by atoms with Gasteiger partial charge in [-0.1, -0.05) is 18.6 Å². The average Bonchev–Trinajstić information content (AvgIpc) is 2.15. The number of benzene rings is 1. The van der Waals surface area contributed by atoms with Crippen LogP contribution in [0.25, 0.3) is 0 Å². The van der Waals surface area contributed by atoms with Gasteiger partial charge in [0, 0.05) is 19.1 Å². The third-order valence-corrected chi connectivity index (χ3v) is 3.25. The SMILES string of the molecule is OCCN(Cc1cccc(F)c1)C1CCC1. The van der Waals surface area contributed by atoms with Crippen LogP contribution in [0.4, 0.5) is 4.39 Å². The fourth-order valence-corrected chi connectivity index (χ4v) is 2.14. The van der Waals surface area contributed by atoms with E-state index >= 15 is 0 Å². The van der Waals surface area contributed by atoms with Crippen LogP contribution < -0.4 is 0 Å². The first-order valence-electron chi connectivity index (χ1n) is 5.89. The van der Waals surface area contributed by atoms with Crippen molar-refractivity contribution in [1.29, 1.82) is 0 Å². The molecule has 0 atom stereocenters. The number of rotatable bonds is 5. The Balaban J connectivity index is 1.98. The molecule has 0 aliphatic heterocycles. The van der Waals surface area contributed by atoms with E-state index in [-0.39, 0.29) is 12.4 Å². The minimum Gasteiger partial charge on any atom is -0.395 e. The largest absolute Gasteiger partial charge is 0.395 e. The molecule has 2 nitrogen and oxygen atoms in total. The number of aliphatic hydroxyl groups is 1. The second kappa shape index (κ2) is 5.41. The van der Waals surface area contributed by atoms with Gasteiger partial charge >= 0.3 is 0 Å². The standard InChI is InChI=1S/C13H18FNO/c14-12-4-1-3-11(9-12)10-15(7-8-16)13-5-2-6-13/h1,3-4,9,13,16H,2,5-8,10H2. The summed E-state index contributed by atoms with van der Waals surface area (Å²) in [6, 6.07) is 7.29. The zero-order valence-corrected chi connectivity index (χ0v) is 9.40. The third kappa shape index (κ3) is 2.80. The molecule has 0 heterocycles. The van der Waals surface area contributed by atoms with E-state index in [4.69, 9.17) is 5.11 Å². The first kappa shape index (κ1) is 11.6. The first-order chi connectivity index (χ1) is 7.79. The average molecular weight is 223 g/mol. The Kier molecular flexibility index (Phi) is 3.91. The molecule has 1 aliphatic rings. The second-order valence-electron chi connectivity index (χ2n) is 4.41. The Morgan fingerprint density at radius 3 is 2.75 bits per heavy atom. The van der Waals surface area contributed by atoms with Gasteiger partial charge in [-0.05, 0) is 30.5 Å². The van der Waals surface area contributed by atoms with Gasteiger partial charge in [0.1, 0.15) is 5.82 Å². The number of halogens is 1. The number of hydrogen-bond donors (Lipinski definition) is 1. The maximum absolute atomic E-state index is 13.0. The molecule has 3 heteroatoms. The third-order valence-electron chi connectivity index (χ3n) is 3.25. The van der Waals surface area contributed by atoms with Gasteiger partial charge in [0.15, 0.2) is 0 Å². The van der Waals surface area contributed by atoms with Crippen LogP contribution in [0, 0.1) is 5.82 Å². The molecular weight excluding hydrogens is 205 g/mol. The summed E-state index contributed by atoms with van der Waals surface area (Å²) in [5, 5.41) is 9.02. The fourth-order valence-electron chi connectivity index (χ4n) is 2.14. The molecule has 0 unspecified atom stereocenters. The zero-order valence-electron chi connectivity index (χ0n) is 9.40. The van der Waals surface area contributed by atoms with E-state index in [1.54, 1.807) is 12.1 Å². The van der Waals surface area contributed by atoms with Gasteiger partial charge in [0.05, 0.1) is 6.61 Å². The highest BCUT2D eigenvalue weighted by Crippen LogP contribution is 2.25. The van der Waals surface area contributed by atoms with E-state index in [1.165, 1.54) is 25.3 Å². The van der Waals surface area contributed by atoms with Crippen molar-refractivity contribution in [3.63, 3.8) is 0 Å². The lowest BCUT2D eigenvalue weighted by Gasteiger charge is -2.37. The Morgan fingerprint density at radius 1 is 1.38 bits per heavy atom. The molecule has 0 saturated heterocycles. The summed E-state index contributed by atoms with van der Waals surface area (Å²) in [7, 11) is 0. The van der Waals surface area contributed by atoms with Crippen LogP contribution in [0.15, 0.2) is 24.3 Å². The summed E-state index contributed by atoms with van der Waals surface area (Å²) >= 11 is 0. The summed E-state index contributed by atoms with van der Waals surface area (Å²) in [6.07, 6.45) is 3.68. The van der Waals surface area contributed by atoms with Crippen LogP contribution >= 0.6 is 0 Å². The van der Waals surface area contributed by atoms with Crippen LogP contribution in [0.3, 0.4) is 0 Å². The Morgan fingerprint density at radius 2 is 2.19 bits per heavy atom. The van der Waals surface area contributed by atoms with Gasteiger partial charge in [0.2, 0.25) is 0 Å². The van der Waals surface area contributed by atoms with Gasteiger partial charge in [0.25, 0.3) is 0 Å². The highest BCUT2D eigenvalue weighted by Gasteiger charge is 2.24. The first-order valence-corrected chi connectivity index (χ1v) is 5.89. The molecule has 0 radical (unpaired) electrons. The minimum atomic E-state index is -0.185. The smallest absolute Gasteiger partial charge is 0.123 e.